The van der Waals surface area contributed by atoms with E-state index in [1.54, 1.807) is 4.90 Å². The molecule has 2 N–H and O–H groups in total. The third kappa shape index (κ3) is 10.7. The van der Waals surface area contributed by atoms with E-state index in [1.807, 2.05) is 34.6 Å². The maximum absolute atomic E-state index is 12.4. The van der Waals surface area contributed by atoms with Gasteiger partial charge in [0.15, 0.2) is 5.96 Å². The third-order valence-electron chi connectivity index (χ3n) is 5.38. The molecule has 2 amide bonds. The molecule has 180 valence electrons. The Balaban J connectivity index is 2.54. The fraction of sp³-hybridized carbons (Fsp3) is 0.870. The van der Waals surface area contributed by atoms with Gasteiger partial charge in [-0.3, -0.25) is 9.79 Å². The molecule has 8 nitrogen and oxygen atoms in total. The number of amides is 2. The molecular formula is C23H45N5O3. The van der Waals surface area contributed by atoms with Crippen LogP contribution in [0.3, 0.4) is 0 Å². The Labute approximate surface area is 189 Å². The van der Waals surface area contributed by atoms with Crippen molar-refractivity contribution < 1.29 is 14.3 Å². The fourth-order valence-electron chi connectivity index (χ4n) is 3.44. The van der Waals surface area contributed by atoms with Crippen LogP contribution >= 0.6 is 0 Å². The van der Waals surface area contributed by atoms with E-state index in [0.29, 0.717) is 25.4 Å². The summed E-state index contributed by atoms with van der Waals surface area (Å²) in [5, 5.41) is 6.33. The Kier molecular flexibility index (Phi) is 11.7. The minimum atomic E-state index is -0.476. The summed E-state index contributed by atoms with van der Waals surface area (Å²) < 4.78 is 5.53. The summed E-state index contributed by atoms with van der Waals surface area (Å²) in [7, 11) is 0. The van der Waals surface area contributed by atoms with E-state index in [9.17, 15) is 9.59 Å². The summed E-state index contributed by atoms with van der Waals surface area (Å²) in [6.45, 7) is 18.2. The second kappa shape index (κ2) is 13.4. The van der Waals surface area contributed by atoms with Crippen molar-refractivity contribution in [3.63, 3.8) is 0 Å². The topological polar surface area (TPSA) is 86.3 Å². The first-order valence-electron chi connectivity index (χ1n) is 11.9. The molecule has 1 atom stereocenters. The van der Waals surface area contributed by atoms with Crippen molar-refractivity contribution >= 4 is 18.0 Å². The minimum Gasteiger partial charge on any atom is -0.444 e. The van der Waals surface area contributed by atoms with Crippen molar-refractivity contribution in [1.82, 2.24) is 20.4 Å². The van der Waals surface area contributed by atoms with Gasteiger partial charge in [-0.25, -0.2) is 4.79 Å². The van der Waals surface area contributed by atoms with E-state index in [1.165, 1.54) is 0 Å². The van der Waals surface area contributed by atoms with Gasteiger partial charge in [0.25, 0.3) is 0 Å². The molecule has 1 aliphatic rings. The Bertz CT molecular complexity index is 580. The van der Waals surface area contributed by atoms with E-state index >= 15 is 0 Å². The number of hydrogen-bond donors (Lipinski definition) is 2. The van der Waals surface area contributed by atoms with E-state index in [-0.39, 0.29) is 18.0 Å². The average molecular weight is 440 g/mol. The van der Waals surface area contributed by atoms with Crippen LogP contribution in [0.15, 0.2) is 4.99 Å². The van der Waals surface area contributed by atoms with Crippen LogP contribution in [0.1, 0.15) is 74.1 Å². The van der Waals surface area contributed by atoms with E-state index in [2.05, 4.69) is 34.4 Å². The number of piperidine rings is 1. The molecule has 1 rings (SSSR count). The van der Waals surface area contributed by atoms with Crippen LogP contribution in [-0.4, -0.2) is 78.7 Å². The predicted molar refractivity (Wildman–Crippen MR) is 126 cm³/mol. The fourth-order valence-corrected chi connectivity index (χ4v) is 3.44. The van der Waals surface area contributed by atoms with Crippen LogP contribution in [0.4, 0.5) is 4.79 Å². The van der Waals surface area contributed by atoms with Crippen LogP contribution in [0.25, 0.3) is 0 Å². The molecule has 8 heteroatoms. The molecule has 0 saturated carbocycles. The van der Waals surface area contributed by atoms with Gasteiger partial charge in [-0.15, -0.1) is 0 Å². The van der Waals surface area contributed by atoms with Crippen LogP contribution < -0.4 is 10.6 Å². The van der Waals surface area contributed by atoms with Gasteiger partial charge >= 0.3 is 6.09 Å². The normalized spacial score (nSPS) is 16.6. The van der Waals surface area contributed by atoms with Crippen LogP contribution in [0.2, 0.25) is 0 Å². The summed E-state index contributed by atoms with van der Waals surface area (Å²) in [5.41, 5.74) is -0.476. The van der Waals surface area contributed by atoms with Crippen LogP contribution in [-0.2, 0) is 9.53 Å². The molecule has 1 heterocycles. The number of nitrogens with zero attached hydrogens (tertiary/aromatic N) is 3. The number of carbonyl (C=O) groups is 2. The highest BCUT2D eigenvalue weighted by Crippen LogP contribution is 2.20. The van der Waals surface area contributed by atoms with Crippen LogP contribution in [0, 0.1) is 5.92 Å². The number of hydrogen-bond acceptors (Lipinski definition) is 4. The molecule has 1 saturated heterocycles. The molecule has 0 spiro atoms. The van der Waals surface area contributed by atoms with Gasteiger partial charge in [0.05, 0.1) is 6.54 Å². The first kappa shape index (κ1) is 27.0. The van der Waals surface area contributed by atoms with Crippen molar-refractivity contribution in [3.05, 3.63) is 0 Å². The van der Waals surface area contributed by atoms with Gasteiger partial charge < -0.3 is 25.2 Å². The molecule has 0 radical (unpaired) electrons. The Morgan fingerprint density at radius 3 is 2.35 bits per heavy atom. The van der Waals surface area contributed by atoms with E-state index < -0.39 is 5.60 Å². The number of rotatable bonds is 9. The van der Waals surface area contributed by atoms with Gasteiger partial charge in [-0.05, 0) is 66.7 Å². The Hall–Kier alpha value is -1.99. The second-order valence-electron chi connectivity index (χ2n) is 9.31. The van der Waals surface area contributed by atoms with Crippen molar-refractivity contribution in [2.24, 2.45) is 10.9 Å². The average Bonchev–Trinajstić information content (AvgIpc) is 2.70. The van der Waals surface area contributed by atoms with Crippen molar-refractivity contribution in [2.45, 2.75) is 85.8 Å². The SMILES string of the molecule is CCNC(=NCCC(=O)NC(C)CC)N1CCC(CN(CC)C(=O)OC(C)(C)C)CC1. The highest BCUT2D eigenvalue weighted by Gasteiger charge is 2.27. The third-order valence-corrected chi connectivity index (χ3v) is 5.38. The standard InChI is InChI=1S/C23H45N5O3/c1-8-18(4)26-20(29)11-14-25-21(24-9-2)28-15-12-19(13-16-28)17-27(10-3)22(30)31-23(5,6)7/h18-19H,8-17H2,1-7H3,(H,24,25)(H,26,29). The van der Waals surface area contributed by atoms with Gasteiger partial charge in [0, 0.05) is 45.2 Å². The number of ether oxygens (including phenoxy) is 1. The first-order valence-corrected chi connectivity index (χ1v) is 11.9. The van der Waals surface area contributed by atoms with Crippen molar-refractivity contribution in [3.8, 4) is 0 Å². The minimum absolute atomic E-state index is 0.0504. The predicted octanol–water partition coefficient (Wildman–Crippen LogP) is 3.23. The molecule has 0 aromatic carbocycles. The quantitative estimate of drug-likeness (QED) is 0.425. The second-order valence-corrected chi connectivity index (χ2v) is 9.31. The molecule has 0 aromatic heterocycles. The molecule has 31 heavy (non-hydrogen) atoms. The zero-order valence-corrected chi connectivity index (χ0v) is 20.8. The largest absolute Gasteiger partial charge is 0.444 e. The molecule has 0 aromatic rings. The maximum Gasteiger partial charge on any atom is 0.410 e. The molecular weight excluding hydrogens is 394 g/mol. The summed E-state index contributed by atoms with van der Waals surface area (Å²) in [6.07, 6.45) is 3.09. The maximum atomic E-state index is 12.4. The lowest BCUT2D eigenvalue weighted by Gasteiger charge is -2.36. The number of carbonyl (C=O) groups excluding carboxylic acids is 2. The smallest absolute Gasteiger partial charge is 0.410 e. The lowest BCUT2D eigenvalue weighted by atomic mass is 9.96. The Morgan fingerprint density at radius 1 is 1.19 bits per heavy atom. The number of aliphatic imine (C=N–C) groups is 1. The van der Waals surface area contributed by atoms with Gasteiger partial charge in [-0.1, -0.05) is 6.92 Å². The molecule has 1 fully saturated rings. The summed E-state index contributed by atoms with van der Waals surface area (Å²) in [5.74, 6) is 1.37. The van der Waals surface area contributed by atoms with Gasteiger partial charge in [0.2, 0.25) is 5.91 Å². The van der Waals surface area contributed by atoms with Gasteiger partial charge in [0.1, 0.15) is 5.60 Å². The molecule has 1 unspecified atom stereocenters. The number of guanidine groups is 1. The number of likely N-dealkylation sites (tertiary alicyclic amines) is 1. The monoisotopic (exact) mass is 439 g/mol. The summed E-state index contributed by atoms with van der Waals surface area (Å²) in [4.78, 5) is 33.1. The highest BCUT2D eigenvalue weighted by atomic mass is 16.6. The molecule has 0 bridgehead atoms. The van der Waals surface area contributed by atoms with E-state index in [0.717, 1.165) is 51.4 Å². The van der Waals surface area contributed by atoms with Crippen LogP contribution in [0.5, 0.6) is 0 Å². The molecule has 0 aliphatic carbocycles. The zero-order chi connectivity index (χ0) is 23.4. The molecule has 1 aliphatic heterocycles. The highest BCUT2D eigenvalue weighted by molar-refractivity contribution is 5.81. The lowest BCUT2D eigenvalue weighted by Crippen LogP contribution is -2.48. The lowest BCUT2D eigenvalue weighted by molar-refractivity contribution is -0.121. The number of nitrogens with one attached hydrogen (secondary N) is 2. The Morgan fingerprint density at radius 2 is 1.84 bits per heavy atom. The van der Waals surface area contributed by atoms with E-state index in [4.69, 9.17) is 4.74 Å². The van der Waals surface area contributed by atoms with Crippen molar-refractivity contribution in [1.29, 1.82) is 0 Å². The first-order chi connectivity index (χ1) is 14.6. The zero-order valence-electron chi connectivity index (χ0n) is 20.8. The van der Waals surface area contributed by atoms with Crippen molar-refractivity contribution in [2.75, 3.05) is 39.3 Å². The summed E-state index contributed by atoms with van der Waals surface area (Å²) in [6, 6.07) is 0.201. The van der Waals surface area contributed by atoms with Gasteiger partial charge in [-0.2, -0.15) is 0 Å². The summed E-state index contributed by atoms with van der Waals surface area (Å²) >= 11 is 0.